The molecule has 44 valence electrons. The lowest BCUT2D eigenvalue weighted by Gasteiger charge is -1.44. The predicted octanol–water partition coefficient (Wildman–Crippen LogP) is 1.65. The molecule has 0 aromatic rings. The minimum atomic E-state index is 0.0972. The van der Waals surface area contributed by atoms with Gasteiger partial charge >= 0.3 is 0 Å². The van der Waals surface area contributed by atoms with Crippen molar-refractivity contribution >= 4 is 27.5 Å². The Hall–Kier alpha value is -0.250. The van der Waals surface area contributed by atoms with Gasteiger partial charge in [-0.2, -0.15) is 10.5 Å². The van der Waals surface area contributed by atoms with Gasteiger partial charge in [0.05, 0.1) is 17.5 Å². The maximum Gasteiger partial charge on any atom is 0.109 e. The number of halogens is 2. The van der Waals surface area contributed by atoms with Crippen LogP contribution in [-0.2, 0) is 0 Å². The van der Waals surface area contributed by atoms with Gasteiger partial charge in [0.2, 0.25) is 0 Å². The maximum absolute atomic E-state index is 7.58. The lowest BCUT2D eigenvalue weighted by molar-refractivity contribution is 1.49. The lowest BCUT2D eigenvalue weighted by atomic mass is 10.9. The van der Waals surface area contributed by atoms with Crippen molar-refractivity contribution in [3.8, 4) is 12.1 Å². The second kappa shape index (κ2) is 15.9. The number of hydrogen-bond donors (Lipinski definition) is 0. The molecule has 0 radical (unpaired) electrons. The monoisotopic (exact) mass is 194 g/mol. The zero-order chi connectivity index (χ0) is 6.83. The van der Waals surface area contributed by atoms with Crippen molar-refractivity contribution in [1.29, 1.82) is 10.5 Å². The minimum absolute atomic E-state index is 0.0972. The summed E-state index contributed by atoms with van der Waals surface area (Å²) in [6, 6.07) is 3.54. The highest BCUT2D eigenvalue weighted by Gasteiger charge is 1.52. The van der Waals surface area contributed by atoms with E-state index in [9.17, 15) is 0 Å². The molecule has 4 heteroatoms. The first-order chi connectivity index (χ1) is 3.83. The van der Waals surface area contributed by atoms with E-state index in [4.69, 9.17) is 22.1 Å². The van der Waals surface area contributed by atoms with E-state index in [2.05, 4.69) is 15.9 Å². The number of nitriles is 2. The van der Waals surface area contributed by atoms with Gasteiger partial charge in [-0.15, -0.1) is 11.6 Å². The van der Waals surface area contributed by atoms with E-state index in [-0.39, 0.29) is 5.88 Å². The van der Waals surface area contributed by atoms with Crippen LogP contribution in [0, 0.1) is 22.7 Å². The Morgan fingerprint density at radius 1 is 1.38 bits per heavy atom. The summed E-state index contributed by atoms with van der Waals surface area (Å²) in [6.07, 6.45) is 0. The highest BCUT2D eigenvalue weighted by molar-refractivity contribution is 9.09. The summed E-state index contributed by atoms with van der Waals surface area (Å²) in [5.74, 6) is 0.0972. The zero-order valence-electron chi connectivity index (χ0n) is 4.06. The fraction of sp³-hybridized carbons (Fsp3) is 0.500. The van der Waals surface area contributed by atoms with Gasteiger partial charge in [-0.25, -0.2) is 0 Å². The maximum atomic E-state index is 7.58. The molecule has 0 amide bonds. The zero-order valence-corrected chi connectivity index (χ0v) is 6.41. The van der Waals surface area contributed by atoms with Gasteiger partial charge in [0.1, 0.15) is 5.88 Å². The molecule has 0 aromatic carbocycles. The Morgan fingerprint density at radius 2 is 1.62 bits per heavy atom. The topological polar surface area (TPSA) is 47.6 Å². The number of alkyl halides is 2. The van der Waals surface area contributed by atoms with Crippen LogP contribution in [0.15, 0.2) is 0 Å². The van der Waals surface area contributed by atoms with E-state index in [0.717, 1.165) is 0 Å². The standard InChI is InChI=1S/C2H2BrN.C2H2ClN/c2*3-1-2-4/h2*1H2. The summed E-state index contributed by atoms with van der Waals surface area (Å²) in [7, 11) is 0. The molecule has 0 rings (SSSR count). The molecule has 0 aromatic heterocycles. The summed E-state index contributed by atoms with van der Waals surface area (Å²) in [6.45, 7) is 0. The SMILES string of the molecule is N#CCBr.N#CCCl. The summed E-state index contributed by atoms with van der Waals surface area (Å²) in [5.41, 5.74) is 0. The molecule has 0 unspecified atom stereocenters. The van der Waals surface area contributed by atoms with Gasteiger partial charge in [0.25, 0.3) is 0 Å². The van der Waals surface area contributed by atoms with E-state index in [1.165, 1.54) is 0 Å². The Kier molecular flexibility index (Phi) is 21.2. The molecule has 0 aliphatic rings. The third kappa shape index (κ3) is 42.4. The van der Waals surface area contributed by atoms with Crippen molar-refractivity contribution in [2.45, 2.75) is 0 Å². The van der Waals surface area contributed by atoms with Crippen LogP contribution in [0.5, 0.6) is 0 Å². The summed E-state index contributed by atoms with van der Waals surface area (Å²) >= 11 is 7.71. The molecule has 0 spiro atoms. The Labute approximate surface area is 61.8 Å². The molecule has 2 nitrogen and oxygen atoms in total. The van der Waals surface area contributed by atoms with Crippen LogP contribution in [0.2, 0.25) is 0 Å². The second-order valence-corrected chi connectivity index (χ2v) is 1.41. The van der Waals surface area contributed by atoms with Gasteiger partial charge in [0.15, 0.2) is 0 Å². The molecular weight excluding hydrogens is 191 g/mol. The number of rotatable bonds is 0. The molecule has 0 aliphatic heterocycles. The minimum Gasteiger partial charge on any atom is -0.197 e. The Bertz CT molecular complexity index is 87.6. The average Bonchev–Trinajstić information content (AvgIpc) is 1.88. The van der Waals surface area contributed by atoms with Crippen LogP contribution in [0.4, 0.5) is 0 Å². The van der Waals surface area contributed by atoms with Crippen molar-refractivity contribution < 1.29 is 0 Å². The highest BCUT2D eigenvalue weighted by Crippen LogP contribution is 1.68. The molecule has 0 heterocycles. The average molecular weight is 195 g/mol. The smallest absolute Gasteiger partial charge is 0.109 e. The third-order valence-electron chi connectivity index (χ3n) is 0.120. The van der Waals surface area contributed by atoms with E-state index in [1.54, 1.807) is 6.07 Å². The molecular formula is C4H4BrClN2. The molecule has 8 heavy (non-hydrogen) atoms. The number of hydrogen-bond acceptors (Lipinski definition) is 2. The van der Waals surface area contributed by atoms with Crippen LogP contribution in [0.1, 0.15) is 0 Å². The van der Waals surface area contributed by atoms with Gasteiger partial charge in [-0.1, -0.05) is 15.9 Å². The first-order valence-corrected chi connectivity index (χ1v) is 3.34. The fourth-order valence-corrected chi connectivity index (χ4v) is 0. The van der Waals surface area contributed by atoms with Gasteiger partial charge < -0.3 is 0 Å². The summed E-state index contributed by atoms with van der Waals surface area (Å²) < 4.78 is 0. The van der Waals surface area contributed by atoms with Crippen molar-refractivity contribution in [3.05, 3.63) is 0 Å². The molecule has 0 saturated carbocycles. The van der Waals surface area contributed by atoms with E-state index >= 15 is 0 Å². The van der Waals surface area contributed by atoms with Crippen molar-refractivity contribution in [3.63, 3.8) is 0 Å². The predicted molar refractivity (Wildman–Crippen MR) is 35.7 cm³/mol. The lowest BCUT2D eigenvalue weighted by Crippen LogP contribution is -1.47. The quantitative estimate of drug-likeness (QED) is 0.552. The van der Waals surface area contributed by atoms with Crippen LogP contribution in [-0.4, -0.2) is 11.2 Å². The fourth-order valence-electron chi connectivity index (χ4n) is 0. The first-order valence-electron chi connectivity index (χ1n) is 1.69. The largest absolute Gasteiger partial charge is 0.197 e. The van der Waals surface area contributed by atoms with E-state index < -0.39 is 0 Å². The second-order valence-electron chi connectivity index (χ2n) is 0.583. The Balaban J connectivity index is 0. The molecule has 0 atom stereocenters. The third-order valence-corrected chi connectivity index (χ3v) is 0.490. The van der Waals surface area contributed by atoms with Crippen LogP contribution in [0.25, 0.3) is 0 Å². The number of nitrogens with zero attached hydrogens (tertiary/aromatic N) is 2. The highest BCUT2D eigenvalue weighted by atomic mass is 79.9. The normalized spacial score (nSPS) is 5.00. The summed E-state index contributed by atoms with van der Waals surface area (Å²) in [5, 5.41) is 15.5. The summed E-state index contributed by atoms with van der Waals surface area (Å²) in [4.78, 5) is 0. The van der Waals surface area contributed by atoms with Gasteiger partial charge in [-0.3, -0.25) is 0 Å². The van der Waals surface area contributed by atoms with Crippen LogP contribution >= 0.6 is 27.5 Å². The van der Waals surface area contributed by atoms with Crippen LogP contribution in [0.3, 0.4) is 0 Å². The van der Waals surface area contributed by atoms with Gasteiger partial charge in [-0.05, 0) is 0 Å². The molecule has 0 aliphatic carbocycles. The molecule has 0 saturated heterocycles. The van der Waals surface area contributed by atoms with Crippen molar-refractivity contribution in [2.24, 2.45) is 0 Å². The van der Waals surface area contributed by atoms with Gasteiger partial charge in [0, 0.05) is 0 Å². The van der Waals surface area contributed by atoms with Crippen LogP contribution < -0.4 is 0 Å². The first kappa shape index (κ1) is 10.7. The molecule has 0 N–H and O–H groups in total. The van der Waals surface area contributed by atoms with Crippen molar-refractivity contribution in [2.75, 3.05) is 11.2 Å². The Morgan fingerprint density at radius 3 is 1.62 bits per heavy atom. The molecule has 0 fully saturated rings. The molecule has 0 bridgehead atoms. The van der Waals surface area contributed by atoms with E-state index in [1.807, 2.05) is 6.07 Å². The van der Waals surface area contributed by atoms with E-state index in [0.29, 0.717) is 5.33 Å². The van der Waals surface area contributed by atoms with Crippen molar-refractivity contribution in [1.82, 2.24) is 0 Å².